The Balaban J connectivity index is 2.11. The smallest absolute Gasteiger partial charge is 0.240 e. The van der Waals surface area contributed by atoms with Gasteiger partial charge in [-0.2, -0.15) is 0 Å². The van der Waals surface area contributed by atoms with Gasteiger partial charge in [0.1, 0.15) is 12.1 Å². The van der Waals surface area contributed by atoms with Crippen molar-refractivity contribution >= 4 is 43.8 Å². The van der Waals surface area contributed by atoms with E-state index in [1.165, 1.54) is 13.4 Å². The van der Waals surface area contributed by atoms with Gasteiger partial charge in [0.05, 0.1) is 21.8 Å². The monoisotopic (exact) mass is 386 g/mol. The van der Waals surface area contributed by atoms with E-state index in [0.717, 1.165) is 22.3 Å². The second kappa shape index (κ2) is 7.37. The molecule has 9 heteroatoms. The minimum Gasteiger partial charge on any atom is -0.388 e. The number of anilines is 4. The van der Waals surface area contributed by atoms with Crippen molar-refractivity contribution in [3.8, 4) is 0 Å². The van der Waals surface area contributed by atoms with E-state index < -0.39 is 10.0 Å². The summed E-state index contributed by atoms with van der Waals surface area (Å²) in [5, 5.41) is 7.18. The summed E-state index contributed by atoms with van der Waals surface area (Å²) < 4.78 is 26.7. The van der Waals surface area contributed by atoms with Crippen molar-refractivity contribution in [2.24, 2.45) is 0 Å². The molecule has 0 aliphatic rings. The largest absolute Gasteiger partial charge is 0.388 e. The van der Waals surface area contributed by atoms with Crippen molar-refractivity contribution in [2.75, 3.05) is 43.7 Å². The number of hydrogen-bond acceptors (Lipinski definition) is 7. The molecule has 0 amide bonds. The van der Waals surface area contributed by atoms with Crippen LogP contribution in [0.1, 0.15) is 0 Å². The summed E-state index contributed by atoms with van der Waals surface area (Å²) in [6.07, 6.45) is 1.48. The molecule has 0 aliphatic carbocycles. The summed E-state index contributed by atoms with van der Waals surface area (Å²) in [4.78, 5) is 10.7. The Morgan fingerprint density at radius 3 is 2.44 bits per heavy atom. The highest BCUT2D eigenvalue weighted by Crippen LogP contribution is 2.32. The van der Waals surface area contributed by atoms with E-state index in [0.29, 0.717) is 11.5 Å². The fourth-order valence-electron chi connectivity index (χ4n) is 2.73. The minimum absolute atomic E-state index is 0.175. The SMILES string of the molecule is CNc1ccc2c(Nc3cc(S(=O)(=O)NC)ccc3N(C)C)ncnc2c1. The van der Waals surface area contributed by atoms with Gasteiger partial charge in [0.15, 0.2) is 0 Å². The van der Waals surface area contributed by atoms with Crippen LogP contribution in [0.5, 0.6) is 0 Å². The average molecular weight is 386 g/mol. The zero-order chi connectivity index (χ0) is 19.6. The summed E-state index contributed by atoms with van der Waals surface area (Å²) in [5.41, 5.74) is 3.20. The Morgan fingerprint density at radius 2 is 1.78 bits per heavy atom. The lowest BCUT2D eigenvalue weighted by Gasteiger charge is -2.20. The van der Waals surface area contributed by atoms with Crippen LogP contribution < -0.4 is 20.3 Å². The second-order valence-corrected chi connectivity index (χ2v) is 8.00. The van der Waals surface area contributed by atoms with Gasteiger partial charge in [-0.05, 0) is 43.4 Å². The van der Waals surface area contributed by atoms with Gasteiger partial charge in [0, 0.05) is 32.2 Å². The number of aromatic nitrogens is 2. The maximum absolute atomic E-state index is 12.2. The molecular formula is C18H22N6O2S. The molecule has 1 aromatic heterocycles. The van der Waals surface area contributed by atoms with E-state index in [1.807, 2.05) is 44.2 Å². The lowest BCUT2D eigenvalue weighted by atomic mass is 10.2. The van der Waals surface area contributed by atoms with E-state index >= 15 is 0 Å². The third kappa shape index (κ3) is 3.79. The van der Waals surface area contributed by atoms with E-state index in [1.54, 1.807) is 18.2 Å². The fraction of sp³-hybridized carbons (Fsp3) is 0.222. The Morgan fingerprint density at radius 1 is 1.00 bits per heavy atom. The van der Waals surface area contributed by atoms with Crippen molar-refractivity contribution in [1.29, 1.82) is 0 Å². The first-order valence-corrected chi connectivity index (χ1v) is 9.78. The molecule has 0 bridgehead atoms. The highest BCUT2D eigenvalue weighted by Gasteiger charge is 2.16. The average Bonchev–Trinajstić information content (AvgIpc) is 2.67. The first-order valence-electron chi connectivity index (χ1n) is 8.30. The molecule has 0 atom stereocenters. The standard InChI is InChI=1S/C18H22N6O2S/c1-19-12-5-7-14-15(9-12)21-11-22-18(14)23-16-10-13(27(25,26)20-2)6-8-17(16)24(3)4/h5-11,19-20H,1-4H3,(H,21,22,23). The normalized spacial score (nSPS) is 11.4. The van der Waals surface area contributed by atoms with Crippen LogP contribution >= 0.6 is 0 Å². The van der Waals surface area contributed by atoms with E-state index in [4.69, 9.17) is 0 Å². The first-order chi connectivity index (χ1) is 12.9. The van der Waals surface area contributed by atoms with Gasteiger partial charge < -0.3 is 15.5 Å². The van der Waals surface area contributed by atoms with Gasteiger partial charge in [0.25, 0.3) is 0 Å². The van der Waals surface area contributed by atoms with Crippen LogP contribution in [0.3, 0.4) is 0 Å². The zero-order valence-electron chi connectivity index (χ0n) is 15.6. The first kappa shape index (κ1) is 18.9. The van der Waals surface area contributed by atoms with Crippen molar-refractivity contribution in [1.82, 2.24) is 14.7 Å². The summed E-state index contributed by atoms with van der Waals surface area (Å²) in [6, 6.07) is 10.7. The summed E-state index contributed by atoms with van der Waals surface area (Å²) >= 11 is 0. The third-order valence-corrected chi connectivity index (χ3v) is 5.62. The van der Waals surface area contributed by atoms with Crippen LogP contribution in [0.4, 0.5) is 22.9 Å². The number of rotatable bonds is 6. The summed E-state index contributed by atoms with van der Waals surface area (Å²) in [6.45, 7) is 0. The van der Waals surface area contributed by atoms with Gasteiger partial charge in [-0.3, -0.25) is 0 Å². The molecule has 1 heterocycles. The van der Waals surface area contributed by atoms with Crippen molar-refractivity contribution < 1.29 is 8.42 Å². The highest BCUT2D eigenvalue weighted by molar-refractivity contribution is 7.89. The third-order valence-electron chi connectivity index (χ3n) is 4.21. The summed E-state index contributed by atoms with van der Waals surface area (Å²) in [7, 11) is 3.46. The molecule has 0 spiro atoms. The lowest BCUT2D eigenvalue weighted by Crippen LogP contribution is -2.19. The molecule has 3 N–H and O–H groups in total. The van der Waals surface area contributed by atoms with E-state index in [9.17, 15) is 8.42 Å². The van der Waals surface area contributed by atoms with Gasteiger partial charge >= 0.3 is 0 Å². The van der Waals surface area contributed by atoms with E-state index in [2.05, 4.69) is 25.3 Å². The molecule has 0 saturated heterocycles. The minimum atomic E-state index is -3.56. The van der Waals surface area contributed by atoms with Crippen molar-refractivity contribution in [3.63, 3.8) is 0 Å². The fourth-order valence-corrected chi connectivity index (χ4v) is 3.49. The molecule has 142 valence electrons. The maximum Gasteiger partial charge on any atom is 0.240 e. The number of nitrogens with zero attached hydrogens (tertiary/aromatic N) is 3. The topological polar surface area (TPSA) is 99.2 Å². The molecule has 0 saturated carbocycles. The molecule has 2 aromatic carbocycles. The molecule has 3 rings (SSSR count). The lowest BCUT2D eigenvalue weighted by molar-refractivity contribution is 0.588. The molecular weight excluding hydrogens is 364 g/mol. The Labute approximate surface area is 158 Å². The molecule has 0 fully saturated rings. The van der Waals surface area contributed by atoms with Gasteiger partial charge in [-0.1, -0.05) is 0 Å². The quantitative estimate of drug-likeness (QED) is 0.598. The van der Waals surface area contributed by atoms with E-state index in [-0.39, 0.29) is 4.90 Å². The molecule has 27 heavy (non-hydrogen) atoms. The van der Waals surface area contributed by atoms with Gasteiger partial charge in [0.2, 0.25) is 10.0 Å². The number of sulfonamides is 1. The summed E-state index contributed by atoms with van der Waals surface area (Å²) in [5.74, 6) is 0.602. The number of fused-ring (bicyclic) bond motifs is 1. The molecule has 3 aromatic rings. The van der Waals surface area contributed by atoms with Crippen molar-refractivity contribution in [2.45, 2.75) is 4.90 Å². The highest BCUT2D eigenvalue weighted by atomic mass is 32.2. The maximum atomic E-state index is 12.2. The number of hydrogen-bond donors (Lipinski definition) is 3. The molecule has 0 aliphatic heterocycles. The second-order valence-electron chi connectivity index (χ2n) is 6.11. The zero-order valence-corrected chi connectivity index (χ0v) is 16.4. The van der Waals surface area contributed by atoms with Gasteiger partial charge in [-0.25, -0.2) is 23.1 Å². The molecule has 8 nitrogen and oxygen atoms in total. The predicted octanol–water partition coefficient (Wildman–Crippen LogP) is 2.39. The van der Waals surface area contributed by atoms with Crippen LogP contribution in [-0.2, 0) is 10.0 Å². The Kier molecular flexibility index (Phi) is 5.15. The van der Waals surface area contributed by atoms with Crippen LogP contribution in [0, 0.1) is 0 Å². The Hall–Kier alpha value is -2.91. The molecule has 0 radical (unpaired) electrons. The number of benzene rings is 2. The van der Waals surface area contributed by atoms with Crippen molar-refractivity contribution in [3.05, 3.63) is 42.7 Å². The van der Waals surface area contributed by atoms with Crippen LogP contribution in [0.25, 0.3) is 10.9 Å². The molecule has 0 unspecified atom stereocenters. The van der Waals surface area contributed by atoms with Crippen LogP contribution in [0.15, 0.2) is 47.6 Å². The van der Waals surface area contributed by atoms with Gasteiger partial charge in [-0.15, -0.1) is 0 Å². The Bertz CT molecular complexity index is 1080. The van der Waals surface area contributed by atoms with Crippen LogP contribution in [0.2, 0.25) is 0 Å². The predicted molar refractivity (Wildman–Crippen MR) is 109 cm³/mol. The number of nitrogens with one attached hydrogen (secondary N) is 3. The van der Waals surface area contributed by atoms with Crippen LogP contribution in [-0.4, -0.2) is 46.6 Å².